The average molecular weight is 155 g/mol. The molecule has 2 unspecified atom stereocenters. The van der Waals surface area contributed by atoms with Crippen LogP contribution in [0.5, 0.6) is 0 Å². The van der Waals surface area contributed by atoms with Gasteiger partial charge in [0.05, 0.1) is 0 Å². The Morgan fingerprint density at radius 1 is 1.45 bits per heavy atom. The number of hydrogen-bond acceptors (Lipinski definition) is 2. The van der Waals surface area contributed by atoms with Crippen molar-refractivity contribution >= 4 is 0 Å². The van der Waals surface area contributed by atoms with E-state index in [0.717, 1.165) is 6.54 Å². The summed E-state index contributed by atoms with van der Waals surface area (Å²) in [5, 5.41) is 12.4. The van der Waals surface area contributed by atoms with Gasteiger partial charge in [0, 0.05) is 18.5 Å². The zero-order chi connectivity index (χ0) is 8.85. The number of aliphatic hydroxyl groups excluding tert-OH is 1. The normalized spacial score (nSPS) is 16.0. The molecule has 0 radical (unpaired) electrons. The summed E-state index contributed by atoms with van der Waals surface area (Å²) in [6.45, 7) is 6.83. The van der Waals surface area contributed by atoms with Crippen molar-refractivity contribution in [1.82, 2.24) is 5.32 Å². The van der Waals surface area contributed by atoms with E-state index in [-0.39, 0.29) is 5.92 Å². The predicted octanol–water partition coefficient (Wildman–Crippen LogP) is 0.615. The van der Waals surface area contributed by atoms with Crippen LogP contribution in [0.15, 0.2) is 0 Å². The van der Waals surface area contributed by atoms with E-state index in [1.165, 1.54) is 0 Å². The van der Waals surface area contributed by atoms with E-state index in [0.29, 0.717) is 6.04 Å². The fourth-order valence-electron chi connectivity index (χ4n) is 0.697. The molecule has 2 nitrogen and oxygen atoms in total. The van der Waals surface area contributed by atoms with Crippen LogP contribution < -0.4 is 5.32 Å². The van der Waals surface area contributed by atoms with E-state index in [4.69, 9.17) is 11.5 Å². The van der Waals surface area contributed by atoms with E-state index in [1.54, 1.807) is 0 Å². The van der Waals surface area contributed by atoms with Crippen LogP contribution in [0, 0.1) is 18.3 Å². The summed E-state index contributed by atoms with van der Waals surface area (Å²) in [7, 11) is 0. The molecule has 0 heterocycles. The zero-order valence-corrected chi connectivity index (χ0v) is 7.46. The first kappa shape index (κ1) is 10.5. The first-order valence-electron chi connectivity index (χ1n) is 3.95. The number of aliphatic hydroxyl groups is 1. The molecule has 0 aromatic heterocycles. The summed E-state index contributed by atoms with van der Waals surface area (Å²) in [4.78, 5) is 0. The second-order valence-corrected chi connectivity index (χ2v) is 3.15. The van der Waals surface area contributed by atoms with Gasteiger partial charge in [0.2, 0.25) is 0 Å². The minimum atomic E-state index is -0.624. The molecular formula is C9H17NO. The molecule has 11 heavy (non-hydrogen) atoms. The summed E-state index contributed by atoms with van der Waals surface area (Å²) in [6.07, 6.45) is 4.43. The van der Waals surface area contributed by atoms with Crippen molar-refractivity contribution in [2.75, 3.05) is 6.54 Å². The molecule has 0 fully saturated rings. The second-order valence-electron chi connectivity index (χ2n) is 3.15. The molecule has 0 amide bonds. The maximum Gasteiger partial charge on any atom is 0.118 e. The fourth-order valence-corrected chi connectivity index (χ4v) is 0.697. The third kappa shape index (κ3) is 4.83. The quantitative estimate of drug-likeness (QED) is 0.583. The highest BCUT2D eigenvalue weighted by molar-refractivity contribution is 4.96. The van der Waals surface area contributed by atoms with Gasteiger partial charge in [-0.2, -0.15) is 0 Å². The SMILES string of the molecule is C#CC(O)C(C)CNC(C)C. The monoisotopic (exact) mass is 155 g/mol. The Morgan fingerprint density at radius 3 is 2.36 bits per heavy atom. The van der Waals surface area contributed by atoms with Crippen LogP contribution in [-0.4, -0.2) is 23.8 Å². The highest BCUT2D eigenvalue weighted by Crippen LogP contribution is 1.99. The second kappa shape index (κ2) is 5.17. The van der Waals surface area contributed by atoms with Crippen molar-refractivity contribution in [3.63, 3.8) is 0 Å². The number of rotatable bonds is 4. The van der Waals surface area contributed by atoms with Gasteiger partial charge < -0.3 is 10.4 Å². The molecule has 0 rings (SSSR count). The smallest absolute Gasteiger partial charge is 0.118 e. The van der Waals surface area contributed by atoms with Gasteiger partial charge in [0.1, 0.15) is 6.10 Å². The largest absolute Gasteiger partial charge is 0.380 e. The molecule has 0 saturated carbocycles. The van der Waals surface area contributed by atoms with Crippen LogP contribution in [0.1, 0.15) is 20.8 Å². The molecule has 0 aliphatic rings. The van der Waals surface area contributed by atoms with E-state index in [2.05, 4.69) is 25.1 Å². The molecule has 2 N–H and O–H groups in total. The third-order valence-electron chi connectivity index (χ3n) is 1.56. The molecule has 2 heteroatoms. The van der Waals surface area contributed by atoms with Gasteiger partial charge in [0.15, 0.2) is 0 Å². The van der Waals surface area contributed by atoms with E-state index in [1.807, 2.05) is 6.92 Å². The standard InChI is InChI=1S/C9H17NO/c1-5-9(11)8(4)6-10-7(2)3/h1,7-11H,6H2,2-4H3. The summed E-state index contributed by atoms with van der Waals surface area (Å²) < 4.78 is 0. The Hall–Kier alpha value is -0.520. The van der Waals surface area contributed by atoms with Crippen molar-refractivity contribution in [3.8, 4) is 12.3 Å². The van der Waals surface area contributed by atoms with Crippen molar-refractivity contribution in [3.05, 3.63) is 0 Å². The lowest BCUT2D eigenvalue weighted by molar-refractivity contribution is 0.168. The first-order chi connectivity index (χ1) is 5.07. The van der Waals surface area contributed by atoms with Gasteiger partial charge >= 0.3 is 0 Å². The average Bonchev–Trinajstić information content (AvgIpc) is 1.98. The van der Waals surface area contributed by atoms with Crippen molar-refractivity contribution in [1.29, 1.82) is 0 Å². The molecule has 0 aromatic rings. The van der Waals surface area contributed by atoms with Crippen LogP contribution >= 0.6 is 0 Å². The maximum atomic E-state index is 9.16. The van der Waals surface area contributed by atoms with Crippen LogP contribution in [0.4, 0.5) is 0 Å². The molecule has 0 aromatic carbocycles. The van der Waals surface area contributed by atoms with E-state index >= 15 is 0 Å². The van der Waals surface area contributed by atoms with Crippen molar-refractivity contribution in [2.24, 2.45) is 5.92 Å². The van der Waals surface area contributed by atoms with Gasteiger partial charge in [0.25, 0.3) is 0 Å². The predicted molar refractivity (Wildman–Crippen MR) is 47.1 cm³/mol. The fraction of sp³-hybridized carbons (Fsp3) is 0.778. The Labute approximate surface area is 69.0 Å². The number of terminal acetylenes is 1. The molecular weight excluding hydrogens is 138 g/mol. The molecule has 64 valence electrons. The number of nitrogens with one attached hydrogen (secondary N) is 1. The van der Waals surface area contributed by atoms with Gasteiger partial charge in [-0.1, -0.05) is 26.7 Å². The molecule has 0 bridgehead atoms. The van der Waals surface area contributed by atoms with Gasteiger partial charge in [-0.15, -0.1) is 6.42 Å². The Balaban J connectivity index is 3.53. The summed E-state index contributed by atoms with van der Waals surface area (Å²) in [5.41, 5.74) is 0. The lowest BCUT2D eigenvalue weighted by atomic mass is 10.1. The molecule has 0 spiro atoms. The molecule has 0 aliphatic carbocycles. The summed E-state index contributed by atoms with van der Waals surface area (Å²) in [5.74, 6) is 2.43. The van der Waals surface area contributed by atoms with Crippen molar-refractivity contribution in [2.45, 2.75) is 32.9 Å². The van der Waals surface area contributed by atoms with Crippen molar-refractivity contribution < 1.29 is 5.11 Å². The summed E-state index contributed by atoms with van der Waals surface area (Å²) in [6, 6.07) is 0.447. The lowest BCUT2D eigenvalue weighted by Gasteiger charge is -2.16. The van der Waals surface area contributed by atoms with Gasteiger partial charge in [-0.05, 0) is 0 Å². The highest BCUT2D eigenvalue weighted by atomic mass is 16.3. The molecule has 0 aliphatic heterocycles. The van der Waals surface area contributed by atoms with Gasteiger partial charge in [-0.25, -0.2) is 0 Å². The first-order valence-corrected chi connectivity index (χ1v) is 3.95. The Kier molecular flexibility index (Phi) is 4.93. The number of hydrogen-bond donors (Lipinski definition) is 2. The molecule has 0 saturated heterocycles. The summed E-state index contributed by atoms with van der Waals surface area (Å²) >= 11 is 0. The zero-order valence-electron chi connectivity index (χ0n) is 7.46. The van der Waals surface area contributed by atoms with Gasteiger partial charge in [-0.3, -0.25) is 0 Å². The Morgan fingerprint density at radius 2 is 2.00 bits per heavy atom. The highest BCUT2D eigenvalue weighted by Gasteiger charge is 2.10. The third-order valence-corrected chi connectivity index (χ3v) is 1.56. The van der Waals surface area contributed by atoms with Crippen LogP contribution in [0.2, 0.25) is 0 Å². The van der Waals surface area contributed by atoms with Crippen LogP contribution in [-0.2, 0) is 0 Å². The Bertz CT molecular complexity index is 137. The van der Waals surface area contributed by atoms with Crippen LogP contribution in [0.3, 0.4) is 0 Å². The topological polar surface area (TPSA) is 32.3 Å². The maximum absolute atomic E-state index is 9.16. The molecule has 2 atom stereocenters. The lowest BCUT2D eigenvalue weighted by Crippen LogP contribution is -2.32. The minimum absolute atomic E-state index is 0.127. The minimum Gasteiger partial charge on any atom is -0.380 e. The van der Waals surface area contributed by atoms with Crippen LogP contribution in [0.25, 0.3) is 0 Å². The van der Waals surface area contributed by atoms with E-state index < -0.39 is 6.10 Å². The van der Waals surface area contributed by atoms with E-state index in [9.17, 15) is 0 Å².